The summed E-state index contributed by atoms with van der Waals surface area (Å²) in [5.41, 5.74) is 0. The molecule has 0 aromatic carbocycles. The van der Waals surface area contributed by atoms with Crippen LogP contribution in [-0.4, -0.2) is 41.4 Å². The third kappa shape index (κ3) is 3.58. The molecule has 1 aliphatic heterocycles. The molecule has 0 amide bonds. The van der Waals surface area contributed by atoms with Crippen molar-refractivity contribution in [2.24, 2.45) is 17.8 Å². The summed E-state index contributed by atoms with van der Waals surface area (Å²) in [5, 5.41) is 20.4. The third-order valence-electron chi connectivity index (χ3n) is 5.75. The maximum absolute atomic E-state index is 10.4. The molecule has 0 radical (unpaired) electrons. The van der Waals surface area contributed by atoms with E-state index < -0.39 is 18.0 Å². The van der Waals surface area contributed by atoms with Crippen LogP contribution in [0.5, 0.6) is 0 Å². The molecule has 1 saturated heterocycles. The molecule has 3 rings (SSSR count). The van der Waals surface area contributed by atoms with Crippen molar-refractivity contribution in [2.75, 3.05) is 13.2 Å². The molecule has 2 saturated carbocycles. The van der Waals surface area contributed by atoms with E-state index >= 15 is 0 Å². The number of aliphatic hydroxyl groups excluding tert-OH is 2. The molecular weight excluding hydrogens is 292 g/mol. The maximum atomic E-state index is 10.4. The van der Waals surface area contributed by atoms with Gasteiger partial charge in [-0.2, -0.15) is 0 Å². The van der Waals surface area contributed by atoms with Gasteiger partial charge < -0.3 is 19.7 Å². The molecule has 2 aliphatic carbocycles. The first kappa shape index (κ1) is 17.2. The second-order valence-corrected chi connectivity index (χ2v) is 7.32. The van der Waals surface area contributed by atoms with Gasteiger partial charge in [0.25, 0.3) is 0 Å². The van der Waals surface area contributed by atoms with Gasteiger partial charge in [0.05, 0.1) is 19.3 Å². The summed E-state index contributed by atoms with van der Waals surface area (Å²) in [4.78, 5) is 0. The maximum Gasteiger partial charge on any atom is 0.172 e. The van der Waals surface area contributed by atoms with Crippen LogP contribution in [0.3, 0.4) is 0 Å². The van der Waals surface area contributed by atoms with Gasteiger partial charge in [-0.3, -0.25) is 0 Å². The lowest BCUT2D eigenvalue weighted by Gasteiger charge is -2.48. The first-order valence-electron chi connectivity index (χ1n) is 9.31. The summed E-state index contributed by atoms with van der Waals surface area (Å²) >= 11 is 0. The molecular formula is C19H30O4. The zero-order valence-corrected chi connectivity index (χ0v) is 14.2. The van der Waals surface area contributed by atoms with E-state index in [1.807, 2.05) is 0 Å². The van der Waals surface area contributed by atoms with Crippen LogP contribution < -0.4 is 0 Å². The first-order valence-corrected chi connectivity index (χ1v) is 9.31. The molecule has 1 spiro atoms. The molecule has 5 unspecified atom stereocenters. The monoisotopic (exact) mass is 322 g/mol. The Labute approximate surface area is 139 Å². The Balaban J connectivity index is 1.44. The highest BCUT2D eigenvalue weighted by atomic mass is 16.7. The van der Waals surface area contributed by atoms with Gasteiger partial charge in [-0.1, -0.05) is 44.4 Å². The standard InChI is InChI=1S/C19H30O4/c1-2-3-4-5-6-7-15(20)9-8-14-12-17-16(18(14)21)13-19(17)22-10-11-23-19/h14-18,20-21H,2-7,10-13H2,1H3. The van der Waals surface area contributed by atoms with Crippen LogP contribution in [0.4, 0.5) is 0 Å². The molecule has 0 aromatic rings. The molecule has 0 bridgehead atoms. The summed E-state index contributed by atoms with van der Waals surface area (Å²) in [6.45, 7) is 3.52. The van der Waals surface area contributed by atoms with Crippen LogP contribution in [-0.2, 0) is 9.47 Å². The minimum atomic E-state index is -0.560. The Bertz CT molecular complexity index is 446. The zero-order valence-electron chi connectivity index (χ0n) is 14.2. The van der Waals surface area contributed by atoms with E-state index in [4.69, 9.17) is 9.47 Å². The normalized spacial score (nSPS) is 35.4. The molecule has 2 N–H and O–H groups in total. The van der Waals surface area contributed by atoms with E-state index in [1.54, 1.807) is 0 Å². The Morgan fingerprint density at radius 1 is 1.17 bits per heavy atom. The van der Waals surface area contributed by atoms with Crippen molar-refractivity contribution in [3.8, 4) is 11.8 Å². The molecule has 130 valence electrons. The minimum Gasteiger partial charge on any atom is -0.392 e. The van der Waals surface area contributed by atoms with Crippen molar-refractivity contribution in [1.29, 1.82) is 0 Å². The Hall–Kier alpha value is -0.600. The third-order valence-corrected chi connectivity index (χ3v) is 5.75. The Morgan fingerprint density at radius 3 is 2.65 bits per heavy atom. The fraction of sp³-hybridized carbons (Fsp3) is 0.895. The molecule has 4 nitrogen and oxygen atoms in total. The number of rotatable bonds is 6. The van der Waals surface area contributed by atoms with E-state index in [-0.39, 0.29) is 17.8 Å². The first-order chi connectivity index (χ1) is 11.2. The van der Waals surface area contributed by atoms with E-state index in [0.717, 1.165) is 25.7 Å². The molecule has 0 aromatic heterocycles. The summed E-state index contributed by atoms with van der Waals surface area (Å²) in [5.74, 6) is 6.12. The van der Waals surface area contributed by atoms with Gasteiger partial charge in [0.1, 0.15) is 6.10 Å². The fourth-order valence-electron chi connectivity index (χ4n) is 4.38. The van der Waals surface area contributed by atoms with Crippen LogP contribution in [0.25, 0.3) is 0 Å². The average molecular weight is 322 g/mol. The molecule has 1 heterocycles. The number of unbranched alkanes of at least 4 members (excludes halogenated alkanes) is 4. The Kier molecular flexibility index (Phi) is 5.64. The van der Waals surface area contributed by atoms with Crippen molar-refractivity contribution < 1.29 is 19.7 Å². The second-order valence-electron chi connectivity index (χ2n) is 7.32. The van der Waals surface area contributed by atoms with Gasteiger partial charge >= 0.3 is 0 Å². The molecule has 4 heteroatoms. The highest BCUT2D eigenvalue weighted by Gasteiger charge is 2.64. The topological polar surface area (TPSA) is 58.9 Å². The summed E-state index contributed by atoms with van der Waals surface area (Å²) in [6, 6.07) is 0. The fourth-order valence-corrected chi connectivity index (χ4v) is 4.38. The number of hydrogen-bond acceptors (Lipinski definition) is 4. The van der Waals surface area contributed by atoms with Gasteiger partial charge in [0.2, 0.25) is 0 Å². The molecule has 5 atom stereocenters. The van der Waals surface area contributed by atoms with Crippen LogP contribution in [0, 0.1) is 29.6 Å². The number of hydrogen-bond donors (Lipinski definition) is 2. The van der Waals surface area contributed by atoms with Crippen molar-refractivity contribution >= 4 is 0 Å². The largest absolute Gasteiger partial charge is 0.392 e. The van der Waals surface area contributed by atoms with Crippen LogP contribution in [0.2, 0.25) is 0 Å². The van der Waals surface area contributed by atoms with Crippen LogP contribution in [0.15, 0.2) is 0 Å². The summed E-state index contributed by atoms with van der Waals surface area (Å²) in [6.07, 6.45) is 7.33. The lowest BCUT2D eigenvalue weighted by Crippen LogP contribution is -2.54. The van der Waals surface area contributed by atoms with E-state index in [9.17, 15) is 10.2 Å². The van der Waals surface area contributed by atoms with Crippen molar-refractivity contribution in [1.82, 2.24) is 0 Å². The summed E-state index contributed by atoms with van der Waals surface area (Å²) < 4.78 is 11.5. The van der Waals surface area contributed by atoms with Gasteiger partial charge in [-0.15, -0.1) is 0 Å². The predicted molar refractivity (Wildman–Crippen MR) is 87.5 cm³/mol. The average Bonchev–Trinajstić information content (AvgIpc) is 3.11. The van der Waals surface area contributed by atoms with Gasteiger partial charge in [-0.25, -0.2) is 0 Å². The van der Waals surface area contributed by atoms with Crippen LogP contribution >= 0.6 is 0 Å². The quantitative estimate of drug-likeness (QED) is 0.583. The van der Waals surface area contributed by atoms with Crippen molar-refractivity contribution in [2.45, 2.75) is 76.3 Å². The lowest BCUT2D eigenvalue weighted by atomic mass is 9.69. The SMILES string of the molecule is CCCCCCCC(O)C#CC1CC2C(CC23OCCO3)C1O. The summed E-state index contributed by atoms with van der Waals surface area (Å²) in [7, 11) is 0. The lowest BCUT2D eigenvalue weighted by molar-refractivity contribution is -0.275. The van der Waals surface area contributed by atoms with Crippen molar-refractivity contribution in [3.05, 3.63) is 0 Å². The van der Waals surface area contributed by atoms with E-state index in [1.165, 1.54) is 25.7 Å². The van der Waals surface area contributed by atoms with Crippen molar-refractivity contribution in [3.63, 3.8) is 0 Å². The van der Waals surface area contributed by atoms with E-state index in [0.29, 0.717) is 13.2 Å². The Morgan fingerprint density at radius 2 is 1.91 bits per heavy atom. The molecule has 23 heavy (non-hydrogen) atoms. The minimum absolute atomic E-state index is 0.0492. The number of ether oxygens (including phenoxy) is 2. The zero-order chi connectivity index (χ0) is 16.3. The second kappa shape index (κ2) is 7.53. The molecule has 3 fully saturated rings. The highest BCUT2D eigenvalue weighted by molar-refractivity contribution is 5.18. The van der Waals surface area contributed by atoms with Gasteiger partial charge in [0, 0.05) is 18.3 Å². The van der Waals surface area contributed by atoms with E-state index in [2.05, 4.69) is 18.8 Å². The van der Waals surface area contributed by atoms with Gasteiger partial charge in [0.15, 0.2) is 5.79 Å². The predicted octanol–water partition coefficient (Wildman–Crippen LogP) is 2.47. The molecule has 3 aliphatic rings. The van der Waals surface area contributed by atoms with Gasteiger partial charge in [-0.05, 0) is 25.2 Å². The smallest absolute Gasteiger partial charge is 0.172 e. The van der Waals surface area contributed by atoms with Crippen LogP contribution in [0.1, 0.15) is 58.3 Å². The highest BCUT2D eigenvalue weighted by Crippen LogP contribution is 2.58. The number of fused-ring (bicyclic) bond motifs is 2. The number of aliphatic hydroxyl groups is 2.